The smallest absolute Gasteiger partial charge is 0.241 e. The number of benzene rings is 1. The van der Waals surface area contributed by atoms with E-state index in [9.17, 15) is 4.79 Å². The molecule has 2 aromatic rings. The molecule has 1 atom stereocenters. The maximum absolute atomic E-state index is 12.1. The summed E-state index contributed by atoms with van der Waals surface area (Å²) in [5.74, 6) is 1.17. The van der Waals surface area contributed by atoms with Gasteiger partial charge in [-0.1, -0.05) is 12.1 Å². The van der Waals surface area contributed by atoms with Crippen LogP contribution in [0.1, 0.15) is 12.8 Å². The van der Waals surface area contributed by atoms with Crippen LogP contribution in [0.3, 0.4) is 0 Å². The van der Waals surface area contributed by atoms with Crippen molar-refractivity contribution in [1.29, 1.82) is 0 Å². The van der Waals surface area contributed by atoms with Crippen molar-refractivity contribution in [3.63, 3.8) is 0 Å². The largest absolute Gasteiger partial charge is 0.439 e. The molecule has 0 aliphatic carbocycles. The minimum atomic E-state index is -0.0923. The Hall–Kier alpha value is -2.40. The highest BCUT2D eigenvalue weighted by molar-refractivity contribution is 5.95. The number of carbonyl (C=O) groups excluding carboxylic acids is 1. The average Bonchev–Trinajstić information content (AvgIpc) is 3.03. The zero-order valence-electron chi connectivity index (χ0n) is 11.6. The lowest BCUT2D eigenvalue weighted by Gasteiger charge is -2.12. The molecule has 0 saturated carbocycles. The number of nitrogens with zero attached hydrogens (tertiary/aromatic N) is 1. The van der Waals surface area contributed by atoms with Gasteiger partial charge in [0.05, 0.1) is 6.04 Å². The van der Waals surface area contributed by atoms with Crippen LogP contribution in [0.4, 0.5) is 5.69 Å². The van der Waals surface area contributed by atoms with E-state index in [0.29, 0.717) is 11.6 Å². The van der Waals surface area contributed by atoms with Crippen LogP contribution < -0.4 is 15.4 Å². The molecular weight excluding hydrogens is 266 g/mol. The lowest BCUT2D eigenvalue weighted by Crippen LogP contribution is -2.35. The van der Waals surface area contributed by atoms with Gasteiger partial charge in [0, 0.05) is 24.0 Å². The lowest BCUT2D eigenvalue weighted by atomic mass is 10.2. The van der Waals surface area contributed by atoms with Gasteiger partial charge in [-0.3, -0.25) is 4.79 Å². The first kappa shape index (κ1) is 13.6. The molecular formula is C16H17N3O2. The highest BCUT2D eigenvalue weighted by atomic mass is 16.5. The summed E-state index contributed by atoms with van der Waals surface area (Å²) in [6.45, 7) is 0.904. The molecule has 2 heterocycles. The number of rotatable bonds is 4. The van der Waals surface area contributed by atoms with Crippen molar-refractivity contribution in [1.82, 2.24) is 10.3 Å². The second kappa shape index (κ2) is 6.37. The summed E-state index contributed by atoms with van der Waals surface area (Å²) in [5, 5.41) is 6.09. The van der Waals surface area contributed by atoms with Crippen molar-refractivity contribution in [3.8, 4) is 11.6 Å². The first-order chi connectivity index (χ1) is 10.3. The standard InChI is InChI=1S/C16H17N3O2/c20-16(14-7-4-10-17-14)19-12-5-3-6-13(11-12)21-15-8-1-2-9-18-15/h1-3,5-6,8-9,11,14,17H,4,7,10H2,(H,19,20). The van der Waals surface area contributed by atoms with Crippen molar-refractivity contribution >= 4 is 11.6 Å². The molecule has 1 aromatic heterocycles. The molecule has 1 saturated heterocycles. The summed E-state index contributed by atoms with van der Waals surface area (Å²) in [6.07, 6.45) is 3.60. The van der Waals surface area contributed by atoms with Gasteiger partial charge < -0.3 is 15.4 Å². The monoisotopic (exact) mass is 283 g/mol. The van der Waals surface area contributed by atoms with Gasteiger partial charge >= 0.3 is 0 Å². The summed E-state index contributed by atoms with van der Waals surface area (Å²) >= 11 is 0. The lowest BCUT2D eigenvalue weighted by molar-refractivity contribution is -0.117. The Bertz CT molecular complexity index is 610. The number of amides is 1. The van der Waals surface area contributed by atoms with Crippen molar-refractivity contribution in [2.75, 3.05) is 11.9 Å². The quantitative estimate of drug-likeness (QED) is 0.905. The van der Waals surface area contributed by atoms with Crippen molar-refractivity contribution in [2.45, 2.75) is 18.9 Å². The van der Waals surface area contributed by atoms with E-state index in [2.05, 4.69) is 15.6 Å². The zero-order valence-corrected chi connectivity index (χ0v) is 11.6. The minimum absolute atomic E-state index is 0.00230. The van der Waals surface area contributed by atoms with Crippen LogP contribution in [0.15, 0.2) is 48.7 Å². The molecule has 5 nitrogen and oxygen atoms in total. The van der Waals surface area contributed by atoms with Crippen LogP contribution in [0.25, 0.3) is 0 Å². The fourth-order valence-electron chi connectivity index (χ4n) is 2.30. The maximum Gasteiger partial charge on any atom is 0.241 e. The van der Waals surface area contributed by atoms with Gasteiger partial charge in [-0.05, 0) is 37.6 Å². The van der Waals surface area contributed by atoms with E-state index in [1.54, 1.807) is 18.3 Å². The fourth-order valence-corrected chi connectivity index (χ4v) is 2.30. The van der Waals surface area contributed by atoms with Crippen LogP contribution in [-0.4, -0.2) is 23.5 Å². The topological polar surface area (TPSA) is 63.2 Å². The predicted molar refractivity (Wildman–Crippen MR) is 80.4 cm³/mol. The Kier molecular flexibility index (Phi) is 4.12. The third-order valence-corrected chi connectivity index (χ3v) is 3.34. The van der Waals surface area contributed by atoms with Crippen molar-refractivity contribution in [2.24, 2.45) is 0 Å². The van der Waals surface area contributed by atoms with E-state index in [-0.39, 0.29) is 11.9 Å². The van der Waals surface area contributed by atoms with E-state index in [0.717, 1.165) is 25.1 Å². The average molecular weight is 283 g/mol. The summed E-state index contributed by atoms with van der Waals surface area (Å²) in [7, 11) is 0. The fraction of sp³-hybridized carbons (Fsp3) is 0.250. The minimum Gasteiger partial charge on any atom is -0.439 e. The van der Waals surface area contributed by atoms with E-state index >= 15 is 0 Å². The Morgan fingerprint density at radius 2 is 2.24 bits per heavy atom. The Morgan fingerprint density at radius 1 is 1.29 bits per heavy atom. The molecule has 1 fully saturated rings. The molecule has 2 N–H and O–H groups in total. The van der Waals surface area contributed by atoms with Gasteiger partial charge in [-0.15, -0.1) is 0 Å². The summed E-state index contributed by atoms with van der Waals surface area (Å²) in [4.78, 5) is 16.2. The van der Waals surface area contributed by atoms with Crippen LogP contribution >= 0.6 is 0 Å². The number of ether oxygens (including phenoxy) is 1. The number of hydrogen-bond donors (Lipinski definition) is 2. The number of nitrogens with one attached hydrogen (secondary N) is 2. The number of anilines is 1. The second-order valence-electron chi connectivity index (χ2n) is 4.94. The highest BCUT2D eigenvalue weighted by Gasteiger charge is 2.21. The highest BCUT2D eigenvalue weighted by Crippen LogP contribution is 2.22. The number of pyridine rings is 1. The molecule has 0 radical (unpaired) electrons. The van der Waals surface area contributed by atoms with E-state index in [4.69, 9.17) is 4.74 Å². The van der Waals surface area contributed by atoms with Crippen LogP contribution in [0, 0.1) is 0 Å². The molecule has 108 valence electrons. The maximum atomic E-state index is 12.1. The molecule has 1 aliphatic rings. The van der Waals surface area contributed by atoms with Gasteiger partial charge in [0.25, 0.3) is 0 Å². The number of aromatic nitrogens is 1. The predicted octanol–water partition coefficient (Wildman–Crippen LogP) is 2.56. The molecule has 3 rings (SSSR count). The Morgan fingerprint density at radius 3 is 3.00 bits per heavy atom. The molecule has 0 bridgehead atoms. The van der Waals surface area contributed by atoms with Crippen LogP contribution in [0.5, 0.6) is 11.6 Å². The van der Waals surface area contributed by atoms with Gasteiger partial charge in [0.2, 0.25) is 11.8 Å². The van der Waals surface area contributed by atoms with Gasteiger partial charge in [0.15, 0.2) is 0 Å². The Labute approximate surface area is 123 Å². The number of hydrogen-bond acceptors (Lipinski definition) is 4. The van der Waals surface area contributed by atoms with Gasteiger partial charge in [-0.2, -0.15) is 0 Å². The SMILES string of the molecule is O=C(Nc1cccc(Oc2ccccn2)c1)C1CCCN1. The zero-order chi connectivity index (χ0) is 14.5. The normalized spacial score (nSPS) is 17.4. The third-order valence-electron chi connectivity index (χ3n) is 3.34. The summed E-state index contributed by atoms with van der Waals surface area (Å²) in [6, 6.07) is 12.7. The summed E-state index contributed by atoms with van der Waals surface area (Å²) < 4.78 is 5.65. The first-order valence-electron chi connectivity index (χ1n) is 7.04. The molecule has 1 aliphatic heterocycles. The molecule has 1 amide bonds. The first-order valence-corrected chi connectivity index (χ1v) is 7.04. The van der Waals surface area contributed by atoms with Crippen LogP contribution in [-0.2, 0) is 4.79 Å². The van der Waals surface area contributed by atoms with E-state index in [1.807, 2.05) is 30.3 Å². The van der Waals surface area contributed by atoms with Crippen LogP contribution in [0.2, 0.25) is 0 Å². The van der Waals surface area contributed by atoms with Crippen molar-refractivity contribution < 1.29 is 9.53 Å². The van der Waals surface area contributed by atoms with Gasteiger partial charge in [0.1, 0.15) is 5.75 Å². The molecule has 1 aromatic carbocycles. The van der Waals surface area contributed by atoms with E-state index < -0.39 is 0 Å². The molecule has 1 unspecified atom stereocenters. The molecule has 5 heteroatoms. The Balaban J connectivity index is 1.66. The van der Waals surface area contributed by atoms with E-state index in [1.165, 1.54) is 0 Å². The third kappa shape index (κ3) is 3.58. The molecule has 0 spiro atoms. The van der Waals surface area contributed by atoms with Crippen molar-refractivity contribution in [3.05, 3.63) is 48.7 Å². The molecule has 21 heavy (non-hydrogen) atoms. The summed E-state index contributed by atoms with van der Waals surface area (Å²) in [5.41, 5.74) is 0.724. The van der Waals surface area contributed by atoms with Gasteiger partial charge in [-0.25, -0.2) is 4.98 Å². The number of carbonyl (C=O) groups is 1. The second-order valence-corrected chi connectivity index (χ2v) is 4.94.